The van der Waals surface area contributed by atoms with Crippen LogP contribution in [0.3, 0.4) is 0 Å². The SMILES string of the molecule is CCCNc1nc(C(OCC)C2CC2)nc(COC)c1I. The van der Waals surface area contributed by atoms with Gasteiger partial charge in [0, 0.05) is 20.3 Å². The molecule has 1 saturated carbocycles. The molecule has 0 aliphatic heterocycles. The molecule has 0 saturated heterocycles. The lowest BCUT2D eigenvalue weighted by molar-refractivity contribution is 0.0396. The number of halogens is 1. The van der Waals surface area contributed by atoms with E-state index in [0.717, 1.165) is 33.9 Å². The molecule has 1 unspecified atom stereocenters. The van der Waals surface area contributed by atoms with Crippen LogP contribution in [0.25, 0.3) is 0 Å². The van der Waals surface area contributed by atoms with Crippen LogP contribution in [-0.4, -0.2) is 30.2 Å². The Bertz CT molecular complexity index is 466. The zero-order valence-corrected chi connectivity index (χ0v) is 15.1. The van der Waals surface area contributed by atoms with Crippen molar-refractivity contribution in [3.63, 3.8) is 0 Å². The maximum Gasteiger partial charge on any atom is 0.160 e. The Morgan fingerprint density at radius 1 is 1.33 bits per heavy atom. The highest BCUT2D eigenvalue weighted by Crippen LogP contribution is 2.42. The molecular formula is C15H24IN3O2. The minimum atomic E-state index is 0.0183. The second-order valence-electron chi connectivity index (χ2n) is 5.26. The Hall–Kier alpha value is -0.470. The van der Waals surface area contributed by atoms with Gasteiger partial charge in [-0.3, -0.25) is 0 Å². The quantitative estimate of drug-likeness (QED) is 0.637. The van der Waals surface area contributed by atoms with Crippen molar-refractivity contribution in [2.45, 2.75) is 45.8 Å². The predicted octanol–water partition coefficient (Wildman–Crippen LogP) is 3.54. The largest absolute Gasteiger partial charge is 0.378 e. The lowest BCUT2D eigenvalue weighted by Crippen LogP contribution is -2.16. The number of hydrogen-bond donors (Lipinski definition) is 1. The summed E-state index contributed by atoms with van der Waals surface area (Å²) in [4.78, 5) is 9.42. The first-order valence-electron chi connectivity index (χ1n) is 7.61. The maximum atomic E-state index is 5.89. The van der Waals surface area contributed by atoms with Crippen molar-refractivity contribution in [2.24, 2.45) is 5.92 Å². The van der Waals surface area contributed by atoms with Gasteiger partial charge in [0.05, 0.1) is 15.9 Å². The van der Waals surface area contributed by atoms with E-state index in [-0.39, 0.29) is 6.10 Å². The highest BCUT2D eigenvalue weighted by Gasteiger charge is 2.35. The third-order valence-corrected chi connectivity index (χ3v) is 4.55. The first-order valence-corrected chi connectivity index (χ1v) is 8.69. The molecule has 1 atom stereocenters. The summed E-state index contributed by atoms with van der Waals surface area (Å²) in [5, 5.41) is 3.39. The molecule has 5 nitrogen and oxygen atoms in total. The van der Waals surface area contributed by atoms with Crippen LogP contribution in [-0.2, 0) is 16.1 Å². The molecule has 2 rings (SSSR count). The van der Waals surface area contributed by atoms with E-state index >= 15 is 0 Å². The molecule has 0 amide bonds. The minimum Gasteiger partial charge on any atom is -0.378 e. The van der Waals surface area contributed by atoms with Crippen LogP contribution in [0.2, 0.25) is 0 Å². The Morgan fingerprint density at radius 2 is 2.10 bits per heavy atom. The predicted molar refractivity (Wildman–Crippen MR) is 91.3 cm³/mol. The summed E-state index contributed by atoms with van der Waals surface area (Å²) in [7, 11) is 1.69. The van der Waals surface area contributed by atoms with Gasteiger partial charge in [-0.05, 0) is 54.7 Å². The molecule has 0 radical (unpaired) electrons. The third-order valence-electron chi connectivity index (χ3n) is 3.41. The summed E-state index contributed by atoms with van der Waals surface area (Å²) in [6.45, 7) is 6.26. The van der Waals surface area contributed by atoms with Crippen LogP contribution in [0.4, 0.5) is 5.82 Å². The fourth-order valence-corrected chi connectivity index (χ4v) is 2.82. The maximum absolute atomic E-state index is 5.89. The van der Waals surface area contributed by atoms with Gasteiger partial charge in [-0.1, -0.05) is 6.92 Å². The van der Waals surface area contributed by atoms with Crippen molar-refractivity contribution in [2.75, 3.05) is 25.6 Å². The second kappa shape index (κ2) is 8.24. The molecule has 1 aromatic rings. The fraction of sp³-hybridized carbons (Fsp3) is 0.733. The van der Waals surface area contributed by atoms with Crippen molar-refractivity contribution < 1.29 is 9.47 Å². The molecular weight excluding hydrogens is 381 g/mol. The summed E-state index contributed by atoms with van der Waals surface area (Å²) in [6.07, 6.45) is 3.49. The van der Waals surface area contributed by atoms with Crippen LogP contribution < -0.4 is 5.32 Å². The van der Waals surface area contributed by atoms with E-state index in [1.54, 1.807) is 7.11 Å². The van der Waals surface area contributed by atoms with Crippen molar-refractivity contribution in [3.8, 4) is 0 Å². The van der Waals surface area contributed by atoms with Crippen LogP contribution >= 0.6 is 22.6 Å². The van der Waals surface area contributed by atoms with E-state index in [1.165, 1.54) is 12.8 Å². The number of anilines is 1. The van der Waals surface area contributed by atoms with E-state index in [9.17, 15) is 0 Å². The summed E-state index contributed by atoms with van der Waals surface area (Å²) in [6, 6.07) is 0. The average Bonchev–Trinajstić information content (AvgIpc) is 3.30. The Balaban J connectivity index is 2.31. The Morgan fingerprint density at radius 3 is 2.67 bits per heavy atom. The van der Waals surface area contributed by atoms with Crippen molar-refractivity contribution in [3.05, 3.63) is 15.1 Å². The number of hydrogen-bond acceptors (Lipinski definition) is 5. The monoisotopic (exact) mass is 405 g/mol. The molecule has 0 aromatic carbocycles. The molecule has 0 spiro atoms. The van der Waals surface area contributed by atoms with Crippen LogP contribution in [0.5, 0.6) is 0 Å². The molecule has 1 heterocycles. The van der Waals surface area contributed by atoms with Gasteiger partial charge in [0.25, 0.3) is 0 Å². The van der Waals surface area contributed by atoms with Gasteiger partial charge in [-0.25, -0.2) is 9.97 Å². The molecule has 21 heavy (non-hydrogen) atoms. The van der Waals surface area contributed by atoms with E-state index in [2.05, 4.69) is 34.8 Å². The molecule has 118 valence electrons. The van der Waals surface area contributed by atoms with Crippen LogP contribution in [0.1, 0.15) is 50.7 Å². The van der Waals surface area contributed by atoms with Gasteiger partial charge in [-0.15, -0.1) is 0 Å². The van der Waals surface area contributed by atoms with Gasteiger partial charge in [-0.2, -0.15) is 0 Å². The smallest absolute Gasteiger partial charge is 0.160 e. The minimum absolute atomic E-state index is 0.0183. The number of methoxy groups -OCH3 is 1. The normalized spacial score (nSPS) is 16.0. The van der Waals surface area contributed by atoms with Gasteiger partial charge in [0.15, 0.2) is 5.82 Å². The summed E-state index contributed by atoms with van der Waals surface area (Å²) < 4.78 is 12.2. The second-order valence-corrected chi connectivity index (χ2v) is 6.34. The van der Waals surface area contributed by atoms with Gasteiger partial charge in [0.2, 0.25) is 0 Å². The summed E-state index contributed by atoms with van der Waals surface area (Å²) in [5.74, 6) is 2.27. The first-order chi connectivity index (χ1) is 10.2. The molecule has 6 heteroatoms. The van der Waals surface area contributed by atoms with Gasteiger partial charge in [0.1, 0.15) is 11.9 Å². The van der Waals surface area contributed by atoms with Crippen molar-refractivity contribution in [1.82, 2.24) is 9.97 Å². The van der Waals surface area contributed by atoms with E-state index < -0.39 is 0 Å². The lowest BCUT2D eigenvalue weighted by atomic mass is 10.2. The van der Waals surface area contributed by atoms with Crippen LogP contribution in [0, 0.1) is 9.49 Å². The molecule has 1 fully saturated rings. The zero-order chi connectivity index (χ0) is 15.2. The highest BCUT2D eigenvalue weighted by molar-refractivity contribution is 14.1. The van der Waals surface area contributed by atoms with E-state index in [1.807, 2.05) is 6.92 Å². The summed E-state index contributed by atoms with van der Waals surface area (Å²) in [5.41, 5.74) is 0.937. The molecule has 0 bridgehead atoms. The molecule has 1 N–H and O–H groups in total. The van der Waals surface area contributed by atoms with Gasteiger partial charge < -0.3 is 14.8 Å². The molecule has 1 aliphatic carbocycles. The lowest BCUT2D eigenvalue weighted by Gasteiger charge is -2.18. The van der Waals surface area contributed by atoms with Crippen molar-refractivity contribution in [1.29, 1.82) is 0 Å². The number of ether oxygens (including phenoxy) is 2. The molecule has 1 aromatic heterocycles. The summed E-state index contributed by atoms with van der Waals surface area (Å²) >= 11 is 2.29. The number of rotatable bonds is 9. The van der Waals surface area contributed by atoms with Gasteiger partial charge >= 0.3 is 0 Å². The standard InChI is InChI=1S/C15H24IN3O2/c1-4-8-17-14-12(16)11(9-20-3)18-15(19-14)13(21-5-2)10-6-7-10/h10,13H,4-9H2,1-3H3,(H,17,18,19). The average molecular weight is 405 g/mol. The Kier molecular flexibility index (Phi) is 6.63. The van der Waals surface area contributed by atoms with Crippen molar-refractivity contribution >= 4 is 28.4 Å². The highest BCUT2D eigenvalue weighted by atomic mass is 127. The molecule has 1 aliphatic rings. The first kappa shape index (κ1) is 16.9. The van der Waals surface area contributed by atoms with E-state index in [4.69, 9.17) is 19.4 Å². The zero-order valence-electron chi connectivity index (χ0n) is 13.0. The van der Waals surface area contributed by atoms with Crippen LogP contribution in [0.15, 0.2) is 0 Å². The number of aromatic nitrogens is 2. The van der Waals surface area contributed by atoms with E-state index in [0.29, 0.717) is 19.1 Å². The third kappa shape index (κ3) is 4.50. The fourth-order valence-electron chi connectivity index (χ4n) is 2.23. The topological polar surface area (TPSA) is 56.3 Å². The number of nitrogens with zero attached hydrogens (tertiary/aromatic N) is 2. The number of nitrogens with one attached hydrogen (secondary N) is 1. The Labute approximate surface area is 140 Å².